The van der Waals surface area contributed by atoms with Gasteiger partial charge in [0.15, 0.2) is 0 Å². The minimum atomic E-state index is -1.05. The van der Waals surface area contributed by atoms with Gasteiger partial charge >= 0.3 is 0 Å². The first-order valence-corrected chi connectivity index (χ1v) is 3.45. The van der Waals surface area contributed by atoms with Crippen molar-refractivity contribution in [3.05, 3.63) is 18.1 Å². The van der Waals surface area contributed by atoms with Gasteiger partial charge in [-0.3, -0.25) is 4.98 Å². The van der Waals surface area contributed by atoms with E-state index in [1.165, 1.54) is 12.4 Å². The van der Waals surface area contributed by atoms with E-state index in [0.717, 1.165) is 0 Å². The summed E-state index contributed by atoms with van der Waals surface area (Å²) in [6.07, 6.45) is 2.14. The van der Waals surface area contributed by atoms with Crippen LogP contribution in [0.15, 0.2) is 12.4 Å². The zero-order chi connectivity index (χ0) is 8.27. The van der Waals surface area contributed by atoms with Gasteiger partial charge in [-0.2, -0.15) is 0 Å². The maximum Gasteiger partial charge on any atom is 0.143 e. The van der Waals surface area contributed by atoms with E-state index in [-0.39, 0.29) is 5.82 Å². The van der Waals surface area contributed by atoms with E-state index in [1.807, 2.05) is 0 Å². The van der Waals surface area contributed by atoms with E-state index in [1.54, 1.807) is 6.92 Å². The molecule has 0 aliphatic rings. The summed E-state index contributed by atoms with van der Waals surface area (Å²) in [5.74, 6) is 0.263. The second-order valence-electron chi connectivity index (χ2n) is 2.24. The van der Waals surface area contributed by atoms with Crippen LogP contribution < -0.4 is 5.73 Å². The molecule has 0 aromatic carbocycles. The minimum Gasteiger partial charge on any atom is -0.382 e. The van der Waals surface area contributed by atoms with Gasteiger partial charge in [-0.15, -0.1) is 0 Å². The fourth-order valence-corrected chi connectivity index (χ4v) is 0.757. The van der Waals surface area contributed by atoms with E-state index in [0.29, 0.717) is 12.1 Å². The van der Waals surface area contributed by atoms with Crippen LogP contribution in [0.25, 0.3) is 0 Å². The summed E-state index contributed by atoms with van der Waals surface area (Å²) in [5.41, 5.74) is 5.62. The fourth-order valence-electron chi connectivity index (χ4n) is 0.757. The number of aromatic nitrogens is 2. The van der Waals surface area contributed by atoms with Crippen LogP contribution in [0.4, 0.5) is 10.2 Å². The van der Waals surface area contributed by atoms with Gasteiger partial charge in [-0.25, -0.2) is 9.37 Å². The van der Waals surface area contributed by atoms with E-state index < -0.39 is 6.17 Å². The van der Waals surface area contributed by atoms with Crippen LogP contribution in [-0.4, -0.2) is 9.97 Å². The Balaban J connectivity index is 2.86. The molecule has 0 aliphatic carbocycles. The highest BCUT2D eigenvalue weighted by Crippen LogP contribution is 2.17. The van der Waals surface area contributed by atoms with E-state index >= 15 is 0 Å². The third-order valence-corrected chi connectivity index (χ3v) is 1.35. The summed E-state index contributed by atoms with van der Waals surface area (Å²) in [4.78, 5) is 7.51. The molecule has 0 bridgehead atoms. The number of nitrogens with two attached hydrogens (primary N) is 1. The van der Waals surface area contributed by atoms with E-state index in [2.05, 4.69) is 9.97 Å². The average Bonchev–Trinajstić information content (AvgIpc) is 2.03. The van der Waals surface area contributed by atoms with Crippen molar-refractivity contribution in [3.63, 3.8) is 0 Å². The number of hydrogen-bond donors (Lipinski definition) is 1. The molecule has 1 aromatic heterocycles. The maximum absolute atomic E-state index is 12.9. The lowest BCUT2D eigenvalue weighted by Crippen LogP contribution is -1.99. The predicted molar refractivity (Wildman–Crippen MR) is 40.6 cm³/mol. The zero-order valence-corrected chi connectivity index (χ0v) is 6.29. The third-order valence-electron chi connectivity index (χ3n) is 1.35. The van der Waals surface area contributed by atoms with Crippen molar-refractivity contribution in [1.82, 2.24) is 9.97 Å². The quantitative estimate of drug-likeness (QED) is 0.703. The van der Waals surface area contributed by atoms with Crippen LogP contribution in [0, 0.1) is 0 Å². The van der Waals surface area contributed by atoms with Crippen LogP contribution >= 0.6 is 0 Å². The molecule has 60 valence electrons. The number of rotatable bonds is 2. The molecule has 1 heterocycles. The number of nitrogen functional groups attached to an aromatic ring is 1. The first-order valence-electron chi connectivity index (χ1n) is 3.45. The van der Waals surface area contributed by atoms with Gasteiger partial charge < -0.3 is 5.73 Å². The molecule has 3 nitrogen and oxygen atoms in total. The van der Waals surface area contributed by atoms with Gasteiger partial charge in [-0.05, 0) is 6.42 Å². The second kappa shape index (κ2) is 3.27. The van der Waals surface area contributed by atoms with Gasteiger partial charge in [0.05, 0.1) is 18.1 Å². The Morgan fingerprint density at radius 2 is 2.36 bits per heavy atom. The Kier molecular flexibility index (Phi) is 2.36. The van der Waals surface area contributed by atoms with Crippen LogP contribution in [0.2, 0.25) is 0 Å². The van der Waals surface area contributed by atoms with Crippen molar-refractivity contribution >= 4 is 5.82 Å². The molecule has 0 radical (unpaired) electrons. The highest BCUT2D eigenvalue weighted by molar-refractivity contribution is 5.24. The molecule has 4 heteroatoms. The standard InChI is InChI=1S/C7H10FN3/c1-2-5(8)6-3-10-4-7(9)11-6/h3-5H,2H2,1H3,(H2,9,11). The van der Waals surface area contributed by atoms with Crippen LogP contribution in [0.1, 0.15) is 25.2 Å². The molecular weight excluding hydrogens is 145 g/mol. The fraction of sp³-hybridized carbons (Fsp3) is 0.429. The Morgan fingerprint density at radius 3 is 2.91 bits per heavy atom. The molecule has 0 saturated heterocycles. The SMILES string of the molecule is CCC(F)c1cncc(N)n1. The Morgan fingerprint density at radius 1 is 1.64 bits per heavy atom. The smallest absolute Gasteiger partial charge is 0.143 e. The molecule has 1 aromatic rings. The molecule has 1 rings (SSSR count). The summed E-state index contributed by atoms with van der Waals surface area (Å²) in [6, 6.07) is 0. The lowest BCUT2D eigenvalue weighted by molar-refractivity contribution is 0.326. The van der Waals surface area contributed by atoms with Crippen molar-refractivity contribution in [3.8, 4) is 0 Å². The average molecular weight is 155 g/mol. The highest BCUT2D eigenvalue weighted by Gasteiger charge is 2.08. The summed E-state index contributed by atoms with van der Waals surface area (Å²) in [7, 11) is 0. The molecule has 1 atom stereocenters. The molecule has 0 amide bonds. The third kappa shape index (κ3) is 1.86. The number of anilines is 1. The molecule has 0 spiro atoms. The Labute approximate surface area is 64.5 Å². The predicted octanol–water partition coefficient (Wildman–Crippen LogP) is 1.48. The topological polar surface area (TPSA) is 51.8 Å². The lowest BCUT2D eigenvalue weighted by Gasteiger charge is -2.02. The second-order valence-corrected chi connectivity index (χ2v) is 2.24. The van der Waals surface area contributed by atoms with Crippen molar-refractivity contribution < 1.29 is 4.39 Å². The zero-order valence-electron chi connectivity index (χ0n) is 6.29. The Bertz CT molecular complexity index is 239. The van der Waals surface area contributed by atoms with Crippen molar-refractivity contribution in [1.29, 1.82) is 0 Å². The number of nitrogens with zero attached hydrogens (tertiary/aromatic N) is 2. The summed E-state index contributed by atoms with van der Waals surface area (Å²) in [5, 5.41) is 0. The number of alkyl halides is 1. The molecule has 0 aliphatic heterocycles. The molecule has 2 N–H and O–H groups in total. The van der Waals surface area contributed by atoms with Crippen LogP contribution in [0.5, 0.6) is 0 Å². The van der Waals surface area contributed by atoms with Gasteiger partial charge in [0.25, 0.3) is 0 Å². The largest absolute Gasteiger partial charge is 0.382 e. The van der Waals surface area contributed by atoms with Gasteiger partial charge in [0, 0.05) is 0 Å². The van der Waals surface area contributed by atoms with Crippen molar-refractivity contribution in [2.45, 2.75) is 19.5 Å². The molecule has 11 heavy (non-hydrogen) atoms. The maximum atomic E-state index is 12.9. The Hall–Kier alpha value is -1.19. The molecular formula is C7H10FN3. The van der Waals surface area contributed by atoms with Crippen molar-refractivity contribution in [2.75, 3.05) is 5.73 Å². The lowest BCUT2D eigenvalue weighted by atomic mass is 10.2. The van der Waals surface area contributed by atoms with Crippen molar-refractivity contribution in [2.24, 2.45) is 0 Å². The first-order chi connectivity index (χ1) is 5.24. The highest BCUT2D eigenvalue weighted by atomic mass is 19.1. The molecule has 1 unspecified atom stereocenters. The van der Waals surface area contributed by atoms with E-state index in [4.69, 9.17) is 5.73 Å². The van der Waals surface area contributed by atoms with Gasteiger partial charge in [0.2, 0.25) is 0 Å². The molecule has 0 fully saturated rings. The van der Waals surface area contributed by atoms with Crippen LogP contribution in [-0.2, 0) is 0 Å². The molecule has 0 saturated carbocycles. The summed E-state index contributed by atoms with van der Waals surface area (Å²) in [6.45, 7) is 1.75. The summed E-state index contributed by atoms with van der Waals surface area (Å²) < 4.78 is 12.9. The van der Waals surface area contributed by atoms with Gasteiger partial charge in [0.1, 0.15) is 12.0 Å². The van der Waals surface area contributed by atoms with Crippen LogP contribution in [0.3, 0.4) is 0 Å². The van der Waals surface area contributed by atoms with Gasteiger partial charge in [-0.1, -0.05) is 6.92 Å². The normalized spacial score (nSPS) is 12.9. The van der Waals surface area contributed by atoms with E-state index in [9.17, 15) is 4.39 Å². The minimum absolute atomic E-state index is 0.263. The first kappa shape index (κ1) is 7.91. The number of halogens is 1. The number of hydrogen-bond acceptors (Lipinski definition) is 3. The summed E-state index contributed by atoms with van der Waals surface area (Å²) >= 11 is 0. The monoisotopic (exact) mass is 155 g/mol.